The molecule has 0 aliphatic carbocycles. The average Bonchev–Trinajstić information content (AvgIpc) is 2.97. The van der Waals surface area contributed by atoms with Gasteiger partial charge in [-0.2, -0.15) is 0 Å². The lowest BCUT2D eigenvalue weighted by Crippen LogP contribution is -2.43. The molecule has 0 bridgehead atoms. The van der Waals surface area contributed by atoms with Crippen LogP contribution in [-0.4, -0.2) is 26.1 Å². The van der Waals surface area contributed by atoms with Crippen LogP contribution in [0, 0.1) is 11.2 Å². The smallest absolute Gasteiger partial charge is 0.228 e. The van der Waals surface area contributed by atoms with Gasteiger partial charge in [0.15, 0.2) is 0 Å². The lowest BCUT2D eigenvalue weighted by molar-refractivity contribution is -0.131. The Bertz CT molecular complexity index is 513. The number of rotatable bonds is 5. The molecule has 1 saturated heterocycles. The molecule has 116 valence electrons. The highest BCUT2D eigenvalue weighted by Gasteiger charge is 2.40. The molecule has 2 unspecified atom stereocenters. The molecular weight excluding hydrogens is 271 g/mol. The standard InChI is InChI=1S/C16H23FN2O2/c1-4-16(7-8-18-10-16)15(20)19-11(2)13-9-12(17)5-6-14(13)21-3/h5-6,9,11,18H,4,7-8,10H2,1-3H3,(H,19,20). The van der Waals surface area contributed by atoms with E-state index in [2.05, 4.69) is 10.6 Å². The van der Waals surface area contributed by atoms with Crippen LogP contribution in [0.2, 0.25) is 0 Å². The Morgan fingerprint density at radius 2 is 2.33 bits per heavy atom. The van der Waals surface area contributed by atoms with Gasteiger partial charge in [0.25, 0.3) is 0 Å². The highest BCUT2D eigenvalue weighted by atomic mass is 19.1. The Morgan fingerprint density at radius 3 is 2.90 bits per heavy atom. The monoisotopic (exact) mass is 294 g/mol. The summed E-state index contributed by atoms with van der Waals surface area (Å²) in [5.41, 5.74) is 0.303. The minimum atomic E-state index is -0.352. The SMILES string of the molecule is CCC1(C(=O)NC(C)c2cc(F)ccc2OC)CCNC1. The van der Waals surface area contributed by atoms with Gasteiger partial charge in [-0.3, -0.25) is 4.79 Å². The van der Waals surface area contributed by atoms with Crippen LogP contribution in [0.1, 0.15) is 38.3 Å². The Kier molecular flexibility index (Phi) is 4.83. The lowest BCUT2D eigenvalue weighted by atomic mass is 9.83. The van der Waals surface area contributed by atoms with E-state index in [9.17, 15) is 9.18 Å². The summed E-state index contributed by atoms with van der Waals surface area (Å²) >= 11 is 0. The fourth-order valence-corrected chi connectivity index (χ4v) is 2.87. The third-order valence-corrected chi connectivity index (χ3v) is 4.41. The molecule has 1 aliphatic rings. The van der Waals surface area contributed by atoms with Crippen molar-refractivity contribution in [2.75, 3.05) is 20.2 Å². The van der Waals surface area contributed by atoms with Gasteiger partial charge in [0.2, 0.25) is 5.91 Å². The van der Waals surface area contributed by atoms with Gasteiger partial charge >= 0.3 is 0 Å². The van der Waals surface area contributed by atoms with Gasteiger partial charge in [-0.05, 0) is 44.5 Å². The molecule has 0 aromatic heterocycles. The Morgan fingerprint density at radius 1 is 1.57 bits per heavy atom. The van der Waals surface area contributed by atoms with E-state index < -0.39 is 0 Å². The number of methoxy groups -OCH3 is 1. The van der Waals surface area contributed by atoms with Crippen LogP contribution < -0.4 is 15.4 Å². The summed E-state index contributed by atoms with van der Waals surface area (Å²) in [5, 5.41) is 6.25. The van der Waals surface area contributed by atoms with E-state index in [1.807, 2.05) is 13.8 Å². The summed E-state index contributed by atoms with van der Waals surface area (Å²) in [6, 6.07) is 4.05. The Labute approximate surface area is 125 Å². The first-order chi connectivity index (χ1) is 10.0. The molecular formula is C16H23FN2O2. The molecule has 0 saturated carbocycles. The van der Waals surface area contributed by atoms with Crippen LogP contribution in [0.4, 0.5) is 4.39 Å². The molecule has 1 aliphatic heterocycles. The van der Waals surface area contributed by atoms with Crippen molar-refractivity contribution in [3.05, 3.63) is 29.6 Å². The van der Waals surface area contributed by atoms with Gasteiger partial charge in [-0.1, -0.05) is 6.92 Å². The van der Waals surface area contributed by atoms with Crippen LogP contribution in [0.3, 0.4) is 0 Å². The second-order valence-electron chi connectivity index (χ2n) is 5.64. The van der Waals surface area contributed by atoms with Gasteiger partial charge in [0.05, 0.1) is 18.6 Å². The fraction of sp³-hybridized carbons (Fsp3) is 0.562. The Hall–Kier alpha value is -1.62. The maximum atomic E-state index is 13.4. The summed E-state index contributed by atoms with van der Waals surface area (Å²) in [5.74, 6) is 0.271. The minimum absolute atomic E-state index is 0.0221. The first kappa shape index (κ1) is 15.8. The normalized spacial score (nSPS) is 22.9. The summed E-state index contributed by atoms with van der Waals surface area (Å²) in [4.78, 5) is 12.6. The molecule has 0 spiro atoms. The number of ether oxygens (including phenoxy) is 1. The zero-order chi connectivity index (χ0) is 15.5. The first-order valence-corrected chi connectivity index (χ1v) is 7.37. The molecule has 5 heteroatoms. The van der Waals surface area contributed by atoms with Crippen molar-refractivity contribution in [1.82, 2.24) is 10.6 Å². The number of nitrogens with one attached hydrogen (secondary N) is 2. The number of amides is 1. The molecule has 21 heavy (non-hydrogen) atoms. The van der Waals surface area contributed by atoms with Crippen LogP contribution in [-0.2, 0) is 4.79 Å². The van der Waals surface area contributed by atoms with E-state index in [4.69, 9.17) is 4.74 Å². The largest absolute Gasteiger partial charge is 0.496 e. The van der Waals surface area contributed by atoms with E-state index >= 15 is 0 Å². The van der Waals surface area contributed by atoms with E-state index in [-0.39, 0.29) is 23.2 Å². The van der Waals surface area contributed by atoms with Crippen LogP contribution in [0.15, 0.2) is 18.2 Å². The predicted molar refractivity (Wildman–Crippen MR) is 79.7 cm³/mol. The number of carbonyl (C=O) groups is 1. The second kappa shape index (κ2) is 6.43. The Balaban J connectivity index is 2.16. The molecule has 4 nitrogen and oxygen atoms in total. The number of hydrogen-bond acceptors (Lipinski definition) is 3. The maximum absolute atomic E-state index is 13.4. The highest BCUT2D eigenvalue weighted by molar-refractivity contribution is 5.83. The zero-order valence-corrected chi connectivity index (χ0v) is 12.8. The summed E-state index contributed by atoms with van der Waals surface area (Å²) in [7, 11) is 1.54. The molecule has 2 atom stereocenters. The van der Waals surface area contributed by atoms with Crippen molar-refractivity contribution in [3.8, 4) is 5.75 Å². The van der Waals surface area contributed by atoms with Crippen molar-refractivity contribution >= 4 is 5.91 Å². The molecule has 1 aromatic rings. The number of benzene rings is 1. The first-order valence-electron chi connectivity index (χ1n) is 7.37. The predicted octanol–water partition coefficient (Wildman–Crippen LogP) is 2.40. The van der Waals surface area contributed by atoms with Gasteiger partial charge < -0.3 is 15.4 Å². The summed E-state index contributed by atoms with van der Waals surface area (Å²) < 4.78 is 18.7. The average molecular weight is 294 g/mol. The quantitative estimate of drug-likeness (QED) is 0.877. The molecule has 2 N–H and O–H groups in total. The van der Waals surface area contributed by atoms with Crippen molar-refractivity contribution in [1.29, 1.82) is 0 Å². The highest BCUT2D eigenvalue weighted by Crippen LogP contribution is 2.32. The van der Waals surface area contributed by atoms with Crippen LogP contribution in [0.5, 0.6) is 5.75 Å². The number of halogens is 1. The van der Waals surface area contributed by atoms with Gasteiger partial charge in [-0.15, -0.1) is 0 Å². The molecule has 1 amide bonds. The molecule has 1 fully saturated rings. The van der Waals surface area contributed by atoms with E-state index in [1.54, 1.807) is 13.2 Å². The minimum Gasteiger partial charge on any atom is -0.496 e. The van der Waals surface area contributed by atoms with Gasteiger partial charge in [0.1, 0.15) is 11.6 Å². The van der Waals surface area contributed by atoms with Crippen molar-refractivity contribution < 1.29 is 13.9 Å². The third-order valence-electron chi connectivity index (χ3n) is 4.41. The van der Waals surface area contributed by atoms with Gasteiger partial charge in [-0.25, -0.2) is 4.39 Å². The molecule has 1 heterocycles. The van der Waals surface area contributed by atoms with Crippen molar-refractivity contribution in [3.63, 3.8) is 0 Å². The van der Waals surface area contributed by atoms with Gasteiger partial charge in [0, 0.05) is 12.1 Å². The second-order valence-corrected chi connectivity index (χ2v) is 5.64. The lowest BCUT2D eigenvalue weighted by Gasteiger charge is -2.28. The molecule has 1 aromatic carbocycles. The summed E-state index contributed by atoms with van der Waals surface area (Å²) in [6.07, 6.45) is 1.63. The third kappa shape index (κ3) is 3.18. The van der Waals surface area contributed by atoms with E-state index in [0.29, 0.717) is 17.9 Å². The van der Waals surface area contributed by atoms with E-state index in [1.165, 1.54) is 12.1 Å². The van der Waals surface area contributed by atoms with Crippen LogP contribution in [0.25, 0.3) is 0 Å². The van der Waals surface area contributed by atoms with Crippen LogP contribution >= 0.6 is 0 Å². The topological polar surface area (TPSA) is 50.4 Å². The van der Waals surface area contributed by atoms with E-state index in [0.717, 1.165) is 19.4 Å². The molecule has 0 radical (unpaired) electrons. The fourth-order valence-electron chi connectivity index (χ4n) is 2.87. The summed E-state index contributed by atoms with van der Waals surface area (Å²) in [6.45, 7) is 5.43. The maximum Gasteiger partial charge on any atom is 0.228 e. The molecule has 2 rings (SSSR count). The number of carbonyl (C=O) groups excluding carboxylic acids is 1. The van der Waals surface area contributed by atoms with Crippen molar-refractivity contribution in [2.24, 2.45) is 5.41 Å². The zero-order valence-electron chi connectivity index (χ0n) is 12.8. The van der Waals surface area contributed by atoms with Crippen molar-refractivity contribution in [2.45, 2.75) is 32.7 Å². The number of hydrogen-bond donors (Lipinski definition) is 2.